The van der Waals surface area contributed by atoms with Crippen molar-refractivity contribution >= 4 is 17.9 Å². The number of nitrogens with zero attached hydrogens (tertiary/aromatic N) is 1. The molecule has 1 aliphatic rings. The third-order valence-corrected chi connectivity index (χ3v) is 3.00. The van der Waals surface area contributed by atoms with Crippen LogP contribution in [0.3, 0.4) is 0 Å². The van der Waals surface area contributed by atoms with Crippen molar-refractivity contribution < 1.29 is 9.59 Å². The Balaban J connectivity index is 2.34. The smallest absolute Gasteiger partial charge is 0.248 e. The standard InChI is InChI=1S/C12H15N3O2/c13-10-3-4-15(6-10)11-2-1-8(12(14)17)5-9(11)7-16/h1-2,5,7,10H,3-4,6,13H2,(H2,14,17). The van der Waals surface area contributed by atoms with Gasteiger partial charge in [-0.05, 0) is 24.6 Å². The van der Waals surface area contributed by atoms with Gasteiger partial charge in [-0.2, -0.15) is 0 Å². The van der Waals surface area contributed by atoms with Gasteiger partial charge in [0.05, 0.1) is 0 Å². The number of primary amides is 1. The molecular weight excluding hydrogens is 218 g/mol. The number of nitrogens with two attached hydrogens (primary N) is 2. The zero-order valence-electron chi connectivity index (χ0n) is 9.43. The van der Waals surface area contributed by atoms with Crippen molar-refractivity contribution in [2.45, 2.75) is 12.5 Å². The average Bonchev–Trinajstić information content (AvgIpc) is 2.74. The van der Waals surface area contributed by atoms with Crippen LogP contribution in [-0.4, -0.2) is 31.3 Å². The van der Waals surface area contributed by atoms with Crippen LogP contribution in [0.4, 0.5) is 5.69 Å². The Bertz CT molecular complexity index is 459. The van der Waals surface area contributed by atoms with Crippen LogP contribution in [0.25, 0.3) is 0 Å². The average molecular weight is 233 g/mol. The minimum Gasteiger partial charge on any atom is -0.369 e. The van der Waals surface area contributed by atoms with Gasteiger partial charge in [-0.1, -0.05) is 0 Å². The normalized spacial score (nSPS) is 19.4. The number of carbonyl (C=O) groups excluding carboxylic acids is 2. The zero-order valence-corrected chi connectivity index (χ0v) is 9.43. The Hall–Kier alpha value is -1.88. The molecule has 1 heterocycles. The Morgan fingerprint density at radius 3 is 2.76 bits per heavy atom. The lowest BCUT2D eigenvalue weighted by Gasteiger charge is -2.20. The Morgan fingerprint density at radius 2 is 2.24 bits per heavy atom. The summed E-state index contributed by atoms with van der Waals surface area (Å²) in [4.78, 5) is 24.1. The first-order valence-corrected chi connectivity index (χ1v) is 5.51. The van der Waals surface area contributed by atoms with Crippen molar-refractivity contribution in [1.82, 2.24) is 0 Å². The summed E-state index contributed by atoms with van der Waals surface area (Å²) >= 11 is 0. The molecule has 1 aromatic carbocycles. The number of aldehydes is 1. The van der Waals surface area contributed by atoms with Crippen LogP contribution in [-0.2, 0) is 0 Å². The van der Waals surface area contributed by atoms with Crippen LogP contribution < -0.4 is 16.4 Å². The molecule has 0 saturated carbocycles. The highest BCUT2D eigenvalue weighted by Crippen LogP contribution is 2.24. The van der Waals surface area contributed by atoms with Gasteiger partial charge in [0.1, 0.15) is 0 Å². The number of amides is 1. The Kier molecular flexibility index (Phi) is 3.10. The van der Waals surface area contributed by atoms with E-state index in [0.29, 0.717) is 11.1 Å². The summed E-state index contributed by atoms with van der Waals surface area (Å²) in [6, 6.07) is 5.05. The van der Waals surface area contributed by atoms with E-state index in [4.69, 9.17) is 11.5 Å². The molecule has 90 valence electrons. The number of carbonyl (C=O) groups is 2. The molecule has 5 nitrogen and oxygen atoms in total. The maximum Gasteiger partial charge on any atom is 0.248 e. The summed E-state index contributed by atoms with van der Waals surface area (Å²) in [5.74, 6) is -0.530. The molecule has 1 unspecified atom stereocenters. The molecule has 4 N–H and O–H groups in total. The second-order valence-corrected chi connectivity index (χ2v) is 4.25. The second-order valence-electron chi connectivity index (χ2n) is 4.25. The fourth-order valence-corrected chi connectivity index (χ4v) is 2.10. The van der Waals surface area contributed by atoms with Gasteiger partial charge in [-0.3, -0.25) is 9.59 Å². The molecule has 1 atom stereocenters. The lowest BCUT2D eigenvalue weighted by Crippen LogP contribution is -2.27. The van der Waals surface area contributed by atoms with E-state index in [1.54, 1.807) is 12.1 Å². The monoisotopic (exact) mass is 233 g/mol. The predicted octanol–water partition coefficient (Wildman–Crippen LogP) is 0.135. The molecule has 0 aliphatic carbocycles. The maximum atomic E-state index is 11.0. The molecule has 0 aromatic heterocycles. The molecule has 0 spiro atoms. The van der Waals surface area contributed by atoms with E-state index in [1.165, 1.54) is 6.07 Å². The predicted molar refractivity (Wildman–Crippen MR) is 65.2 cm³/mol. The summed E-state index contributed by atoms with van der Waals surface area (Å²) in [7, 11) is 0. The zero-order chi connectivity index (χ0) is 12.4. The molecule has 2 rings (SSSR count). The number of hydrogen-bond acceptors (Lipinski definition) is 4. The number of hydrogen-bond donors (Lipinski definition) is 2. The Labute approximate surface area is 99.4 Å². The van der Waals surface area contributed by atoms with Gasteiger partial charge in [0.2, 0.25) is 5.91 Å². The fraction of sp³-hybridized carbons (Fsp3) is 0.333. The third kappa shape index (κ3) is 2.29. The van der Waals surface area contributed by atoms with Crippen molar-refractivity contribution in [1.29, 1.82) is 0 Å². The van der Waals surface area contributed by atoms with Crippen molar-refractivity contribution in [2.24, 2.45) is 11.5 Å². The minimum atomic E-state index is -0.530. The van der Waals surface area contributed by atoms with E-state index in [-0.39, 0.29) is 6.04 Å². The van der Waals surface area contributed by atoms with E-state index in [1.807, 2.05) is 0 Å². The lowest BCUT2D eigenvalue weighted by molar-refractivity contribution is 0.100. The first kappa shape index (κ1) is 11.6. The number of anilines is 1. The largest absolute Gasteiger partial charge is 0.369 e. The molecule has 1 amide bonds. The lowest BCUT2D eigenvalue weighted by atomic mass is 10.1. The minimum absolute atomic E-state index is 0.144. The molecule has 1 fully saturated rings. The third-order valence-electron chi connectivity index (χ3n) is 3.00. The van der Waals surface area contributed by atoms with Crippen LogP contribution in [0.1, 0.15) is 27.1 Å². The summed E-state index contributed by atoms with van der Waals surface area (Å²) in [5, 5.41) is 0. The summed E-state index contributed by atoms with van der Waals surface area (Å²) in [5.41, 5.74) is 12.6. The first-order chi connectivity index (χ1) is 8.11. The van der Waals surface area contributed by atoms with Crippen molar-refractivity contribution in [2.75, 3.05) is 18.0 Å². The van der Waals surface area contributed by atoms with E-state index < -0.39 is 5.91 Å². The van der Waals surface area contributed by atoms with Crippen LogP contribution in [0.5, 0.6) is 0 Å². The van der Waals surface area contributed by atoms with Gasteiger partial charge >= 0.3 is 0 Å². The van der Waals surface area contributed by atoms with Crippen LogP contribution in [0.15, 0.2) is 18.2 Å². The number of rotatable bonds is 3. The number of benzene rings is 1. The summed E-state index contributed by atoms with van der Waals surface area (Å²) in [6.07, 6.45) is 1.65. The van der Waals surface area contributed by atoms with Gasteiger partial charge < -0.3 is 16.4 Å². The van der Waals surface area contributed by atoms with Crippen LogP contribution >= 0.6 is 0 Å². The van der Waals surface area contributed by atoms with E-state index in [0.717, 1.165) is 31.5 Å². The molecule has 5 heteroatoms. The fourth-order valence-electron chi connectivity index (χ4n) is 2.10. The first-order valence-electron chi connectivity index (χ1n) is 5.51. The van der Waals surface area contributed by atoms with Crippen LogP contribution in [0, 0.1) is 0 Å². The molecule has 0 radical (unpaired) electrons. The van der Waals surface area contributed by atoms with Crippen LogP contribution in [0.2, 0.25) is 0 Å². The molecule has 0 bridgehead atoms. The molecule has 1 aromatic rings. The highest BCUT2D eigenvalue weighted by Gasteiger charge is 2.21. The summed E-state index contributed by atoms with van der Waals surface area (Å²) < 4.78 is 0. The van der Waals surface area contributed by atoms with Gasteiger partial charge in [0, 0.05) is 35.9 Å². The molecular formula is C12H15N3O2. The van der Waals surface area contributed by atoms with Crippen molar-refractivity contribution in [3.8, 4) is 0 Å². The van der Waals surface area contributed by atoms with E-state index in [9.17, 15) is 9.59 Å². The van der Waals surface area contributed by atoms with Crippen molar-refractivity contribution in [3.63, 3.8) is 0 Å². The SMILES string of the molecule is NC(=O)c1ccc(N2CCC(N)C2)c(C=O)c1. The van der Waals surface area contributed by atoms with Gasteiger partial charge in [-0.25, -0.2) is 0 Å². The summed E-state index contributed by atoms with van der Waals surface area (Å²) in [6.45, 7) is 1.56. The van der Waals surface area contributed by atoms with Gasteiger partial charge in [0.25, 0.3) is 0 Å². The van der Waals surface area contributed by atoms with Gasteiger partial charge in [-0.15, -0.1) is 0 Å². The van der Waals surface area contributed by atoms with Gasteiger partial charge in [0.15, 0.2) is 6.29 Å². The molecule has 1 saturated heterocycles. The second kappa shape index (κ2) is 4.55. The molecule has 1 aliphatic heterocycles. The quantitative estimate of drug-likeness (QED) is 0.726. The highest BCUT2D eigenvalue weighted by molar-refractivity contribution is 5.96. The Morgan fingerprint density at radius 1 is 1.47 bits per heavy atom. The van der Waals surface area contributed by atoms with E-state index in [2.05, 4.69) is 4.90 Å². The molecule has 17 heavy (non-hydrogen) atoms. The highest BCUT2D eigenvalue weighted by atomic mass is 16.1. The van der Waals surface area contributed by atoms with Crippen molar-refractivity contribution in [3.05, 3.63) is 29.3 Å². The van der Waals surface area contributed by atoms with E-state index >= 15 is 0 Å². The topological polar surface area (TPSA) is 89.4 Å². The maximum absolute atomic E-state index is 11.0.